The number of para-hydroxylation sites is 1. The summed E-state index contributed by atoms with van der Waals surface area (Å²) in [6, 6.07) is 13.5. The lowest BCUT2D eigenvalue weighted by Crippen LogP contribution is -2.24. The summed E-state index contributed by atoms with van der Waals surface area (Å²) in [5.74, 6) is 4.23. The number of nitrogens with one attached hydrogen (secondary N) is 1. The van der Waals surface area contributed by atoms with Crippen molar-refractivity contribution in [3.8, 4) is 17.6 Å². The van der Waals surface area contributed by atoms with E-state index in [2.05, 4.69) is 17.2 Å². The first kappa shape index (κ1) is 16.4. The molecule has 2 rings (SSSR count). The van der Waals surface area contributed by atoms with E-state index in [1.165, 1.54) is 12.1 Å². The zero-order chi connectivity index (χ0) is 16.5. The third-order valence-corrected chi connectivity index (χ3v) is 2.94. The Balaban J connectivity index is 1.70. The molecule has 0 saturated carbocycles. The van der Waals surface area contributed by atoms with Crippen LogP contribution in [-0.4, -0.2) is 17.7 Å². The highest BCUT2D eigenvalue weighted by molar-refractivity contribution is 5.67. The standard InChI is InChI=1S/C18H16FNO3/c19-16-11-6-10-15(17(16)21)9-4-5-12-20-18(22)23-13-14-7-2-1-3-8-14/h1-3,6-8,10-11,21H,5,12-13H2,(H,20,22). The van der Waals surface area contributed by atoms with Gasteiger partial charge < -0.3 is 15.2 Å². The van der Waals surface area contributed by atoms with Crippen LogP contribution in [0.3, 0.4) is 0 Å². The van der Waals surface area contributed by atoms with Crippen LogP contribution in [0.1, 0.15) is 17.5 Å². The number of aromatic hydroxyl groups is 1. The van der Waals surface area contributed by atoms with Crippen LogP contribution in [0.25, 0.3) is 0 Å². The quantitative estimate of drug-likeness (QED) is 0.673. The van der Waals surface area contributed by atoms with E-state index in [9.17, 15) is 14.3 Å². The summed E-state index contributed by atoms with van der Waals surface area (Å²) in [5.41, 5.74) is 1.13. The molecule has 0 fully saturated rings. The molecular formula is C18H16FNO3. The predicted molar refractivity (Wildman–Crippen MR) is 84.2 cm³/mol. The van der Waals surface area contributed by atoms with Gasteiger partial charge in [0.05, 0.1) is 5.56 Å². The molecule has 0 heterocycles. The topological polar surface area (TPSA) is 58.6 Å². The van der Waals surface area contributed by atoms with Crippen molar-refractivity contribution < 1.29 is 19.0 Å². The summed E-state index contributed by atoms with van der Waals surface area (Å²) in [6.07, 6.45) is -0.166. The van der Waals surface area contributed by atoms with Gasteiger partial charge in [0.25, 0.3) is 0 Å². The molecule has 2 N–H and O–H groups in total. The number of ether oxygens (including phenoxy) is 1. The first-order valence-corrected chi connectivity index (χ1v) is 7.07. The average Bonchev–Trinajstić information content (AvgIpc) is 2.57. The number of phenolic OH excluding ortho intramolecular Hbond substituents is 1. The number of halogens is 1. The highest BCUT2D eigenvalue weighted by Gasteiger charge is 2.03. The summed E-state index contributed by atoms with van der Waals surface area (Å²) in [6.45, 7) is 0.506. The second-order valence-electron chi connectivity index (χ2n) is 4.68. The number of amides is 1. The van der Waals surface area contributed by atoms with Crippen LogP contribution in [0.2, 0.25) is 0 Å². The molecular weight excluding hydrogens is 297 g/mol. The third-order valence-electron chi connectivity index (χ3n) is 2.94. The largest absolute Gasteiger partial charge is 0.504 e. The van der Waals surface area contributed by atoms with Crippen molar-refractivity contribution in [2.75, 3.05) is 6.54 Å². The third kappa shape index (κ3) is 5.36. The van der Waals surface area contributed by atoms with Gasteiger partial charge in [0.1, 0.15) is 6.61 Å². The van der Waals surface area contributed by atoms with E-state index >= 15 is 0 Å². The summed E-state index contributed by atoms with van der Waals surface area (Å²) >= 11 is 0. The molecule has 0 aliphatic carbocycles. The van der Waals surface area contributed by atoms with Gasteiger partial charge in [-0.05, 0) is 17.7 Å². The average molecular weight is 313 g/mol. The molecule has 4 nitrogen and oxygen atoms in total. The molecule has 2 aromatic carbocycles. The zero-order valence-electron chi connectivity index (χ0n) is 12.4. The lowest BCUT2D eigenvalue weighted by atomic mass is 10.2. The normalized spacial score (nSPS) is 9.61. The van der Waals surface area contributed by atoms with Gasteiger partial charge >= 0.3 is 6.09 Å². The van der Waals surface area contributed by atoms with Crippen LogP contribution >= 0.6 is 0 Å². The second-order valence-corrected chi connectivity index (χ2v) is 4.68. The number of hydrogen-bond donors (Lipinski definition) is 2. The number of carbonyl (C=O) groups excluding carboxylic acids is 1. The SMILES string of the molecule is O=C(NCCC#Cc1cccc(F)c1O)OCc1ccccc1. The van der Waals surface area contributed by atoms with Gasteiger partial charge in [0, 0.05) is 13.0 Å². The van der Waals surface area contributed by atoms with E-state index in [0.29, 0.717) is 13.0 Å². The molecule has 0 aliphatic rings. The molecule has 0 aromatic heterocycles. The fourth-order valence-electron chi connectivity index (χ4n) is 1.78. The number of alkyl carbamates (subject to hydrolysis) is 1. The Labute approximate surface area is 133 Å². The maximum absolute atomic E-state index is 13.1. The molecule has 0 aliphatic heterocycles. The van der Waals surface area contributed by atoms with Gasteiger partial charge in [-0.1, -0.05) is 48.2 Å². The molecule has 5 heteroatoms. The van der Waals surface area contributed by atoms with E-state index in [0.717, 1.165) is 11.6 Å². The smallest absolute Gasteiger partial charge is 0.407 e. The molecule has 23 heavy (non-hydrogen) atoms. The first-order valence-electron chi connectivity index (χ1n) is 7.07. The van der Waals surface area contributed by atoms with Crippen molar-refractivity contribution in [2.45, 2.75) is 13.0 Å². The lowest BCUT2D eigenvalue weighted by Gasteiger charge is -2.05. The van der Waals surface area contributed by atoms with Crippen molar-refractivity contribution in [1.82, 2.24) is 5.32 Å². The highest BCUT2D eigenvalue weighted by Crippen LogP contribution is 2.19. The fourth-order valence-corrected chi connectivity index (χ4v) is 1.78. The van der Waals surface area contributed by atoms with Crippen LogP contribution in [0.5, 0.6) is 5.75 Å². The predicted octanol–water partition coefficient (Wildman–Crippen LogP) is 3.20. The Morgan fingerprint density at radius 1 is 1.17 bits per heavy atom. The number of phenols is 1. The van der Waals surface area contributed by atoms with Gasteiger partial charge in [0.2, 0.25) is 0 Å². The van der Waals surface area contributed by atoms with E-state index < -0.39 is 17.7 Å². The van der Waals surface area contributed by atoms with Crippen molar-refractivity contribution in [2.24, 2.45) is 0 Å². The van der Waals surface area contributed by atoms with E-state index in [4.69, 9.17) is 4.74 Å². The van der Waals surface area contributed by atoms with E-state index in [1.807, 2.05) is 30.3 Å². The molecule has 0 radical (unpaired) electrons. The van der Waals surface area contributed by atoms with Gasteiger partial charge in [-0.15, -0.1) is 0 Å². The highest BCUT2D eigenvalue weighted by atomic mass is 19.1. The maximum Gasteiger partial charge on any atom is 0.407 e. The summed E-state index contributed by atoms with van der Waals surface area (Å²) in [7, 11) is 0. The van der Waals surface area contributed by atoms with Crippen LogP contribution in [0, 0.1) is 17.7 Å². The molecule has 0 saturated heterocycles. The minimum Gasteiger partial charge on any atom is -0.504 e. The number of carbonyl (C=O) groups is 1. The molecule has 118 valence electrons. The van der Waals surface area contributed by atoms with Crippen molar-refractivity contribution in [3.63, 3.8) is 0 Å². The van der Waals surface area contributed by atoms with E-state index in [1.54, 1.807) is 0 Å². The zero-order valence-corrected chi connectivity index (χ0v) is 12.4. The van der Waals surface area contributed by atoms with E-state index in [-0.39, 0.29) is 12.2 Å². The Morgan fingerprint density at radius 2 is 1.96 bits per heavy atom. The van der Waals surface area contributed by atoms with Crippen LogP contribution in [0.15, 0.2) is 48.5 Å². The summed E-state index contributed by atoms with van der Waals surface area (Å²) in [4.78, 5) is 11.5. The number of rotatable bonds is 4. The summed E-state index contributed by atoms with van der Waals surface area (Å²) in [5, 5.41) is 12.0. The van der Waals surface area contributed by atoms with Crippen molar-refractivity contribution >= 4 is 6.09 Å². The molecule has 0 unspecified atom stereocenters. The monoisotopic (exact) mass is 313 g/mol. The second kappa shape index (κ2) is 8.44. The first-order chi connectivity index (χ1) is 11.2. The number of benzene rings is 2. The van der Waals surface area contributed by atoms with Crippen LogP contribution < -0.4 is 5.32 Å². The number of hydrogen-bond acceptors (Lipinski definition) is 3. The Hall–Kier alpha value is -3.00. The Bertz CT molecular complexity index is 720. The Kier molecular flexibility index (Phi) is 6.01. The molecule has 0 spiro atoms. The summed E-state index contributed by atoms with van der Waals surface area (Å²) < 4.78 is 18.1. The maximum atomic E-state index is 13.1. The van der Waals surface area contributed by atoms with Gasteiger partial charge in [-0.25, -0.2) is 9.18 Å². The van der Waals surface area contributed by atoms with Crippen LogP contribution in [-0.2, 0) is 11.3 Å². The minimum absolute atomic E-state index is 0.204. The lowest BCUT2D eigenvalue weighted by molar-refractivity contribution is 0.140. The Morgan fingerprint density at radius 3 is 2.74 bits per heavy atom. The van der Waals surface area contributed by atoms with Crippen LogP contribution in [0.4, 0.5) is 9.18 Å². The van der Waals surface area contributed by atoms with Gasteiger partial charge in [-0.3, -0.25) is 0 Å². The molecule has 2 aromatic rings. The van der Waals surface area contributed by atoms with Gasteiger partial charge in [0.15, 0.2) is 11.6 Å². The fraction of sp³-hybridized carbons (Fsp3) is 0.167. The molecule has 1 amide bonds. The van der Waals surface area contributed by atoms with Crippen molar-refractivity contribution in [1.29, 1.82) is 0 Å². The molecule has 0 bridgehead atoms. The molecule has 0 atom stereocenters. The van der Waals surface area contributed by atoms with Gasteiger partial charge in [-0.2, -0.15) is 0 Å². The minimum atomic E-state index is -0.709. The van der Waals surface area contributed by atoms with Crippen molar-refractivity contribution in [3.05, 3.63) is 65.5 Å².